The second-order valence-electron chi connectivity index (χ2n) is 4.26. The largest absolute Gasteiger partial charge is 0.457 e. The first-order chi connectivity index (χ1) is 8.56. The van der Waals surface area contributed by atoms with E-state index in [1.807, 2.05) is 49.4 Å². The Kier molecular flexibility index (Phi) is 3.90. The van der Waals surface area contributed by atoms with Crippen LogP contribution < -0.4 is 4.74 Å². The highest BCUT2D eigenvalue weighted by Gasteiger charge is 2.03. The normalized spacial score (nSPS) is 12.2. The van der Waals surface area contributed by atoms with Gasteiger partial charge in [0.2, 0.25) is 0 Å². The third kappa shape index (κ3) is 3.03. The number of hydrogen-bond acceptors (Lipinski definition) is 2. The fourth-order valence-corrected chi connectivity index (χ4v) is 1.75. The molecule has 2 nitrogen and oxygen atoms in total. The molecule has 0 saturated carbocycles. The molecule has 0 fully saturated rings. The molecule has 0 saturated heterocycles. The van der Waals surface area contributed by atoms with Crippen molar-refractivity contribution in [3.05, 3.63) is 58.6 Å². The maximum absolute atomic E-state index is 9.42. The summed E-state index contributed by atoms with van der Waals surface area (Å²) in [5, 5.41) is 10.1. The number of benzene rings is 2. The van der Waals surface area contributed by atoms with E-state index >= 15 is 0 Å². The van der Waals surface area contributed by atoms with Crippen LogP contribution in [0.25, 0.3) is 0 Å². The SMILES string of the molecule is Cc1cc(Oc2ccc([C@H](C)O)cc2)ccc1Cl. The molecule has 0 unspecified atom stereocenters. The highest BCUT2D eigenvalue weighted by Crippen LogP contribution is 2.26. The van der Waals surface area contributed by atoms with Crippen LogP contribution in [-0.4, -0.2) is 5.11 Å². The van der Waals surface area contributed by atoms with Crippen LogP contribution in [0.5, 0.6) is 11.5 Å². The summed E-state index contributed by atoms with van der Waals surface area (Å²) in [5.74, 6) is 1.49. The third-order valence-electron chi connectivity index (χ3n) is 2.73. The molecule has 2 aromatic carbocycles. The zero-order chi connectivity index (χ0) is 13.1. The van der Waals surface area contributed by atoms with Gasteiger partial charge in [-0.2, -0.15) is 0 Å². The van der Waals surface area contributed by atoms with Gasteiger partial charge in [0.05, 0.1) is 6.10 Å². The lowest BCUT2D eigenvalue weighted by Crippen LogP contribution is -1.91. The standard InChI is InChI=1S/C15H15ClO2/c1-10-9-14(7-8-15(10)16)18-13-5-3-12(4-6-13)11(2)17/h3-9,11,17H,1-2H3/t11-/m0/s1. The molecule has 0 aliphatic carbocycles. The first-order valence-electron chi connectivity index (χ1n) is 5.78. The summed E-state index contributed by atoms with van der Waals surface area (Å²) in [6.45, 7) is 3.67. The van der Waals surface area contributed by atoms with E-state index < -0.39 is 6.10 Å². The van der Waals surface area contributed by atoms with Gasteiger partial charge in [-0.05, 0) is 55.3 Å². The van der Waals surface area contributed by atoms with Crippen LogP contribution in [0.1, 0.15) is 24.2 Å². The maximum Gasteiger partial charge on any atom is 0.127 e. The Bertz CT molecular complexity index is 533. The average molecular weight is 263 g/mol. The number of aliphatic hydroxyl groups excluding tert-OH is 1. The summed E-state index contributed by atoms with van der Waals surface area (Å²) in [4.78, 5) is 0. The molecule has 3 heteroatoms. The molecule has 0 bridgehead atoms. The quantitative estimate of drug-likeness (QED) is 0.883. The van der Waals surface area contributed by atoms with Crippen molar-refractivity contribution >= 4 is 11.6 Å². The predicted molar refractivity (Wildman–Crippen MR) is 73.3 cm³/mol. The lowest BCUT2D eigenvalue weighted by molar-refractivity contribution is 0.199. The molecular weight excluding hydrogens is 248 g/mol. The van der Waals surface area contributed by atoms with Gasteiger partial charge in [0.25, 0.3) is 0 Å². The van der Waals surface area contributed by atoms with Gasteiger partial charge in [0.15, 0.2) is 0 Å². The van der Waals surface area contributed by atoms with Crippen LogP contribution in [0.4, 0.5) is 0 Å². The Labute approximate surface area is 112 Å². The molecule has 0 aliphatic rings. The number of rotatable bonds is 3. The highest BCUT2D eigenvalue weighted by molar-refractivity contribution is 6.31. The van der Waals surface area contributed by atoms with Crippen molar-refractivity contribution in [3.8, 4) is 11.5 Å². The number of aryl methyl sites for hydroxylation is 1. The van der Waals surface area contributed by atoms with Crippen molar-refractivity contribution < 1.29 is 9.84 Å². The number of halogens is 1. The minimum atomic E-state index is -0.461. The van der Waals surface area contributed by atoms with Crippen molar-refractivity contribution in [1.29, 1.82) is 0 Å². The van der Waals surface area contributed by atoms with Gasteiger partial charge in [0.1, 0.15) is 11.5 Å². The minimum absolute atomic E-state index is 0.461. The molecule has 2 rings (SSSR count). The van der Waals surface area contributed by atoms with Crippen molar-refractivity contribution in [2.24, 2.45) is 0 Å². The van der Waals surface area contributed by atoms with Crippen molar-refractivity contribution in [2.45, 2.75) is 20.0 Å². The summed E-state index contributed by atoms with van der Waals surface area (Å²) in [6, 6.07) is 12.9. The first kappa shape index (κ1) is 12.9. The fourth-order valence-electron chi connectivity index (χ4n) is 1.63. The molecule has 0 radical (unpaired) electrons. The van der Waals surface area contributed by atoms with Crippen LogP contribution in [-0.2, 0) is 0 Å². The molecule has 94 valence electrons. The van der Waals surface area contributed by atoms with Gasteiger partial charge >= 0.3 is 0 Å². The minimum Gasteiger partial charge on any atom is -0.457 e. The number of aliphatic hydroxyl groups is 1. The van der Waals surface area contributed by atoms with E-state index in [-0.39, 0.29) is 0 Å². The van der Waals surface area contributed by atoms with E-state index in [1.54, 1.807) is 6.92 Å². The molecule has 0 amide bonds. The van der Waals surface area contributed by atoms with Gasteiger partial charge in [-0.3, -0.25) is 0 Å². The van der Waals surface area contributed by atoms with E-state index in [4.69, 9.17) is 16.3 Å². The summed E-state index contributed by atoms with van der Waals surface area (Å²) >= 11 is 5.96. The number of hydrogen-bond donors (Lipinski definition) is 1. The molecule has 1 atom stereocenters. The molecule has 18 heavy (non-hydrogen) atoms. The van der Waals surface area contributed by atoms with Crippen LogP contribution >= 0.6 is 11.6 Å². The molecule has 0 spiro atoms. The molecule has 2 aromatic rings. The monoisotopic (exact) mass is 262 g/mol. The highest BCUT2D eigenvalue weighted by atomic mass is 35.5. The smallest absolute Gasteiger partial charge is 0.127 e. The average Bonchev–Trinajstić information content (AvgIpc) is 2.34. The van der Waals surface area contributed by atoms with Gasteiger partial charge < -0.3 is 9.84 Å². The van der Waals surface area contributed by atoms with E-state index in [2.05, 4.69) is 0 Å². The van der Waals surface area contributed by atoms with Crippen LogP contribution in [0.15, 0.2) is 42.5 Å². The van der Waals surface area contributed by atoms with Gasteiger partial charge in [-0.15, -0.1) is 0 Å². The van der Waals surface area contributed by atoms with Crippen molar-refractivity contribution in [1.82, 2.24) is 0 Å². The molecule has 1 N–H and O–H groups in total. The summed E-state index contributed by atoms with van der Waals surface area (Å²) < 4.78 is 5.71. The molecular formula is C15H15ClO2. The zero-order valence-corrected chi connectivity index (χ0v) is 11.1. The van der Waals surface area contributed by atoms with Crippen LogP contribution in [0.3, 0.4) is 0 Å². The second-order valence-corrected chi connectivity index (χ2v) is 4.67. The van der Waals surface area contributed by atoms with Crippen molar-refractivity contribution in [3.63, 3.8) is 0 Å². The summed E-state index contributed by atoms with van der Waals surface area (Å²) in [6.07, 6.45) is -0.461. The fraction of sp³-hybridized carbons (Fsp3) is 0.200. The summed E-state index contributed by atoms with van der Waals surface area (Å²) in [5.41, 5.74) is 1.85. The van der Waals surface area contributed by atoms with E-state index in [0.717, 1.165) is 27.6 Å². The molecule has 0 aliphatic heterocycles. The Hall–Kier alpha value is -1.51. The van der Waals surface area contributed by atoms with Crippen LogP contribution in [0.2, 0.25) is 5.02 Å². The predicted octanol–water partition coefficient (Wildman–Crippen LogP) is 4.49. The topological polar surface area (TPSA) is 29.5 Å². The van der Waals surface area contributed by atoms with E-state index in [9.17, 15) is 5.11 Å². The Morgan fingerprint density at radius 2 is 1.67 bits per heavy atom. The Balaban J connectivity index is 2.15. The third-order valence-corrected chi connectivity index (χ3v) is 3.15. The molecule has 0 aromatic heterocycles. The Morgan fingerprint density at radius 1 is 1.06 bits per heavy atom. The van der Waals surface area contributed by atoms with E-state index in [1.165, 1.54) is 0 Å². The van der Waals surface area contributed by atoms with Gasteiger partial charge in [-0.25, -0.2) is 0 Å². The zero-order valence-electron chi connectivity index (χ0n) is 10.4. The molecule has 0 heterocycles. The van der Waals surface area contributed by atoms with Gasteiger partial charge in [0, 0.05) is 5.02 Å². The summed E-state index contributed by atoms with van der Waals surface area (Å²) in [7, 11) is 0. The van der Waals surface area contributed by atoms with E-state index in [0.29, 0.717) is 0 Å². The lowest BCUT2D eigenvalue weighted by atomic mass is 10.1. The Morgan fingerprint density at radius 3 is 2.22 bits per heavy atom. The maximum atomic E-state index is 9.42. The van der Waals surface area contributed by atoms with Gasteiger partial charge in [-0.1, -0.05) is 23.7 Å². The van der Waals surface area contributed by atoms with Crippen molar-refractivity contribution in [2.75, 3.05) is 0 Å². The first-order valence-corrected chi connectivity index (χ1v) is 6.16. The number of ether oxygens (including phenoxy) is 1. The van der Waals surface area contributed by atoms with Crippen LogP contribution in [0, 0.1) is 6.92 Å². The second kappa shape index (κ2) is 5.42. The lowest BCUT2D eigenvalue weighted by Gasteiger charge is -2.09.